The van der Waals surface area contributed by atoms with Crippen LogP contribution in [0.3, 0.4) is 0 Å². The second-order valence-electron chi connectivity index (χ2n) is 8.50. The Labute approximate surface area is 185 Å². The van der Waals surface area contributed by atoms with Crippen molar-refractivity contribution in [1.29, 1.82) is 0 Å². The van der Waals surface area contributed by atoms with Crippen LogP contribution in [0.4, 0.5) is 0 Å². The van der Waals surface area contributed by atoms with E-state index in [0.29, 0.717) is 12.2 Å². The smallest absolute Gasteiger partial charge is 0.311 e. The molecular weight excluding hydrogens is 392 g/mol. The van der Waals surface area contributed by atoms with Crippen LogP contribution >= 0.6 is 0 Å². The number of unbranched alkanes of at least 4 members (excludes halogenated alkanes) is 12. The van der Waals surface area contributed by atoms with Crippen molar-refractivity contribution >= 4 is 16.9 Å². The van der Waals surface area contributed by atoms with Gasteiger partial charge in [-0.1, -0.05) is 84.0 Å². The molecule has 0 saturated carbocycles. The lowest BCUT2D eigenvalue weighted by Gasteiger charge is -2.07. The van der Waals surface area contributed by atoms with E-state index in [1.165, 1.54) is 82.4 Å². The van der Waals surface area contributed by atoms with Gasteiger partial charge in [-0.2, -0.15) is 0 Å². The van der Waals surface area contributed by atoms with Crippen molar-refractivity contribution in [3.8, 4) is 11.5 Å². The number of phenolic OH excluding ortho intramolecular Hbond substituents is 1. The van der Waals surface area contributed by atoms with Gasteiger partial charge in [0.05, 0.1) is 0 Å². The average molecular weight is 431 g/mol. The van der Waals surface area contributed by atoms with Gasteiger partial charge in [0.1, 0.15) is 28.2 Å². The second kappa shape index (κ2) is 13.9. The van der Waals surface area contributed by atoms with Gasteiger partial charge in [0.2, 0.25) is 0 Å². The van der Waals surface area contributed by atoms with Gasteiger partial charge in [-0.05, 0) is 13.3 Å². The number of carbonyl (C=O) groups excluding carboxylic acids is 1. The predicted molar refractivity (Wildman–Crippen MR) is 125 cm³/mol. The van der Waals surface area contributed by atoms with E-state index in [-0.39, 0.29) is 33.9 Å². The summed E-state index contributed by atoms with van der Waals surface area (Å²) in [5, 5.41) is 10.2. The molecule has 0 aliphatic rings. The first-order valence-corrected chi connectivity index (χ1v) is 12.0. The fraction of sp³-hybridized carbons (Fsp3) is 0.615. The molecule has 0 aliphatic carbocycles. The minimum absolute atomic E-state index is 0.0990. The van der Waals surface area contributed by atoms with Crippen LogP contribution in [0, 0.1) is 6.92 Å². The van der Waals surface area contributed by atoms with Gasteiger partial charge in [0.25, 0.3) is 0 Å². The van der Waals surface area contributed by atoms with Crippen molar-refractivity contribution in [2.75, 3.05) is 0 Å². The third-order valence-corrected chi connectivity index (χ3v) is 5.62. The molecule has 5 heteroatoms. The molecule has 0 amide bonds. The summed E-state index contributed by atoms with van der Waals surface area (Å²) in [7, 11) is 0. The van der Waals surface area contributed by atoms with Crippen LogP contribution in [-0.4, -0.2) is 11.1 Å². The van der Waals surface area contributed by atoms with Crippen molar-refractivity contribution in [3.63, 3.8) is 0 Å². The number of benzene rings is 1. The number of ether oxygens (including phenoxy) is 1. The lowest BCUT2D eigenvalue weighted by atomic mass is 10.0. The molecule has 5 nitrogen and oxygen atoms in total. The number of esters is 1. The number of carbonyl (C=O) groups is 1. The number of hydrogen-bond acceptors (Lipinski definition) is 5. The van der Waals surface area contributed by atoms with Gasteiger partial charge in [-0.25, -0.2) is 0 Å². The fourth-order valence-electron chi connectivity index (χ4n) is 3.89. The number of phenols is 1. The van der Waals surface area contributed by atoms with Crippen LogP contribution in [-0.2, 0) is 4.79 Å². The van der Waals surface area contributed by atoms with E-state index in [9.17, 15) is 14.7 Å². The van der Waals surface area contributed by atoms with Gasteiger partial charge in [0, 0.05) is 24.6 Å². The number of aryl methyl sites for hydroxylation is 1. The highest BCUT2D eigenvalue weighted by molar-refractivity contribution is 5.85. The molecule has 31 heavy (non-hydrogen) atoms. The summed E-state index contributed by atoms with van der Waals surface area (Å²) in [6, 6.07) is 4.09. The van der Waals surface area contributed by atoms with Crippen molar-refractivity contribution in [1.82, 2.24) is 0 Å². The molecule has 0 atom stereocenters. The Balaban J connectivity index is 1.58. The number of fused-ring (bicyclic) bond motifs is 1. The summed E-state index contributed by atoms with van der Waals surface area (Å²) in [4.78, 5) is 24.1. The van der Waals surface area contributed by atoms with Crippen LogP contribution in [0.1, 0.15) is 103 Å². The number of aromatic hydroxyl groups is 1. The molecule has 0 bridgehead atoms. The van der Waals surface area contributed by atoms with Gasteiger partial charge >= 0.3 is 5.97 Å². The molecule has 2 aromatic rings. The van der Waals surface area contributed by atoms with Gasteiger partial charge < -0.3 is 14.3 Å². The van der Waals surface area contributed by atoms with E-state index >= 15 is 0 Å². The van der Waals surface area contributed by atoms with E-state index in [1.54, 1.807) is 6.92 Å². The van der Waals surface area contributed by atoms with Crippen molar-refractivity contribution in [2.24, 2.45) is 0 Å². The standard InChI is InChI=1S/C26H38O5/c1-3-4-5-6-7-8-9-10-11-12-13-14-15-16-25(29)31-21-18-23(28)26-22(27)17-20(2)30-24(26)19-21/h17-19,28H,3-16H2,1-2H3. The first kappa shape index (κ1) is 25.0. The maximum atomic E-state index is 12.1. The van der Waals surface area contributed by atoms with Crippen LogP contribution in [0.2, 0.25) is 0 Å². The molecule has 1 N–H and O–H groups in total. The zero-order valence-electron chi connectivity index (χ0n) is 19.2. The zero-order chi connectivity index (χ0) is 22.5. The summed E-state index contributed by atoms with van der Waals surface area (Å²) >= 11 is 0. The molecule has 1 aromatic carbocycles. The topological polar surface area (TPSA) is 76.7 Å². The molecule has 2 rings (SSSR count). The maximum Gasteiger partial charge on any atom is 0.311 e. The average Bonchev–Trinajstić information content (AvgIpc) is 2.70. The Kier molecular flexibility index (Phi) is 11.2. The Morgan fingerprint density at radius 1 is 0.871 bits per heavy atom. The molecular formula is C26H38O5. The predicted octanol–water partition coefficient (Wildman–Crippen LogP) is 7.19. The molecule has 1 heterocycles. The van der Waals surface area contributed by atoms with E-state index in [4.69, 9.17) is 9.15 Å². The van der Waals surface area contributed by atoms with E-state index in [0.717, 1.165) is 19.3 Å². The molecule has 0 fully saturated rings. The second-order valence-corrected chi connectivity index (χ2v) is 8.50. The minimum Gasteiger partial charge on any atom is -0.507 e. The van der Waals surface area contributed by atoms with Gasteiger partial charge in [-0.15, -0.1) is 0 Å². The largest absolute Gasteiger partial charge is 0.507 e. The molecule has 0 spiro atoms. The Morgan fingerprint density at radius 3 is 2.00 bits per heavy atom. The highest BCUT2D eigenvalue weighted by Gasteiger charge is 2.13. The zero-order valence-corrected chi connectivity index (χ0v) is 19.2. The summed E-state index contributed by atoms with van der Waals surface area (Å²) < 4.78 is 10.8. The van der Waals surface area contributed by atoms with Crippen LogP contribution in [0.25, 0.3) is 11.0 Å². The van der Waals surface area contributed by atoms with Crippen LogP contribution < -0.4 is 10.2 Å². The Morgan fingerprint density at radius 2 is 1.42 bits per heavy atom. The van der Waals surface area contributed by atoms with E-state index in [1.807, 2.05) is 0 Å². The minimum atomic E-state index is -0.336. The maximum absolute atomic E-state index is 12.1. The van der Waals surface area contributed by atoms with E-state index < -0.39 is 0 Å². The molecule has 0 saturated heterocycles. The first-order chi connectivity index (χ1) is 15.0. The normalized spacial score (nSPS) is 11.2. The molecule has 172 valence electrons. The summed E-state index contributed by atoms with van der Waals surface area (Å²) in [6.07, 6.45) is 16.7. The lowest BCUT2D eigenvalue weighted by Crippen LogP contribution is -2.08. The van der Waals surface area contributed by atoms with Crippen molar-refractivity contribution in [2.45, 2.75) is 104 Å². The Hall–Kier alpha value is -2.30. The summed E-state index contributed by atoms with van der Waals surface area (Å²) in [6.45, 7) is 3.91. The lowest BCUT2D eigenvalue weighted by molar-refractivity contribution is -0.134. The van der Waals surface area contributed by atoms with Crippen LogP contribution in [0.15, 0.2) is 27.4 Å². The van der Waals surface area contributed by atoms with Gasteiger partial charge in [0.15, 0.2) is 5.43 Å². The number of hydrogen-bond donors (Lipinski definition) is 1. The number of rotatable bonds is 15. The molecule has 0 unspecified atom stereocenters. The van der Waals surface area contributed by atoms with Crippen molar-refractivity contribution < 1.29 is 19.1 Å². The molecule has 0 aliphatic heterocycles. The van der Waals surface area contributed by atoms with Crippen molar-refractivity contribution in [3.05, 3.63) is 34.2 Å². The fourth-order valence-corrected chi connectivity index (χ4v) is 3.89. The molecule has 1 aromatic heterocycles. The quantitative estimate of drug-likeness (QED) is 0.184. The summed E-state index contributed by atoms with van der Waals surface area (Å²) in [5.41, 5.74) is -0.102. The highest BCUT2D eigenvalue weighted by Crippen LogP contribution is 2.29. The SMILES string of the molecule is CCCCCCCCCCCCCCCC(=O)Oc1cc(O)c2c(=O)cc(C)oc2c1. The Bertz CT molecular complexity index is 868. The monoisotopic (exact) mass is 430 g/mol. The first-order valence-electron chi connectivity index (χ1n) is 12.0. The summed E-state index contributed by atoms with van der Waals surface area (Å²) in [5.74, 6) is 0.0534. The molecule has 0 radical (unpaired) electrons. The highest BCUT2D eigenvalue weighted by atomic mass is 16.5. The van der Waals surface area contributed by atoms with E-state index in [2.05, 4.69) is 6.92 Å². The van der Waals surface area contributed by atoms with Crippen LogP contribution in [0.5, 0.6) is 11.5 Å². The third kappa shape index (κ3) is 9.16. The third-order valence-electron chi connectivity index (χ3n) is 5.62. The van der Waals surface area contributed by atoms with Gasteiger partial charge in [-0.3, -0.25) is 9.59 Å².